The highest BCUT2D eigenvalue weighted by Crippen LogP contribution is 2.39. The summed E-state index contributed by atoms with van der Waals surface area (Å²) >= 11 is 0. The van der Waals surface area contributed by atoms with Crippen molar-refractivity contribution in [1.82, 2.24) is 16.0 Å². The minimum atomic E-state index is -0.278. The molecule has 6 nitrogen and oxygen atoms in total. The van der Waals surface area contributed by atoms with E-state index in [9.17, 15) is 4.79 Å². The summed E-state index contributed by atoms with van der Waals surface area (Å²) in [4.78, 5) is 16.4. The molecule has 1 aliphatic heterocycles. The van der Waals surface area contributed by atoms with Gasteiger partial charge in [-0.1, -0.05) is 48.5 Å². The maximum Gasteiger partial charge on any atom is 0.239 e. The van der Waals surface area contributed by atoms with Gasteiger partial charge in [0.05, 0.1) is 12.6 Å². The summed E-state index contributed by atoms with van der Waals surface area (Å²) in [7, 11) is 1.71. The summed E-state index contributed by atoms with van der Waals surface area (Å²) in [5.74, 6) is 1.42. The number of aliphatic imine (C=N–C) groups is 1. The number of hydrogen-bond donors (Lipinski definition) is 3. The fourth-order valence-electron chi connectivity index (χ4n) is 3.51. The van der Waals surface area contributed by atoms with E-state index in [1.54, 1.807) is 7.05 Å². The quantitative estimate of drug-likeness (QED) is 0.520. The van der Waals surface area contributed by atoms with E-state index in [-0.39, 0.29) is 24.1 Å². The summed E-state index contributed by atoms with van der Waals surface area (Å²) < 4.78 is 6.08. The van der Waals surface area contributed by atoms with Gasteiger partial charge >= 0.3 is 0 Å². The van der Waals surface area contributed by atoms with Crippen LogP contribution in [0.5, 0.6) is 5.75 Å². The van der Waals surface area contributed by atoms with Crippen LogP contribution in [0.2, 0.25) is 0 Å². The van der Waals surface area contributed by atoms with Gasteiger partial charge in [0.15, 0.2) is 5.96 Å². The number of benzene rings is 2. The van der Waals surface area contributed by atoms with E-state index in [0.29, 0.717) is 12.5 Å². The first kappa shape index (κ1) is 20.7. The lowest BCUT2D eigenvalue weighted by molar-refractivity contribution is -0.119. The highest BCUT2D eigenvalue weighted by atomic mass is 16.5. The highest BCUT2D eigenvalue weighted by Gasteiger charge is 2.33. The zero-order chi connectivity index (χ0) is 20.7. The Balaban J connectivity index is 1.50. The summed E-state index contributed by atoms with van der Waals surface area (Å²) in [6.07, 6.45) is 1.61. The molecule has 0 aromatic heterocycles. The van der Waals surface area contributed by atoms with Gasteiger partial charge in [-0.2, -0.15) is 0 Å². The Labute approximate surface area is 172 Å². The molecular formula is C23H30N4O2. The van der Waals surface area contributed by atoms with Gasteiger partial charge in [0.2, 0.25) is 5.91 Å². The second-order valence-corrected chi connectivity index (χ2v) is 7.81. The van der Waals surface area contributed by atoms with Crippen LogP contribution >= 0.6 is 0 Å². The van der Waals surface area contributed by atoms with Gasteiger partial charge in [-0.3, -0.25) is 9.79 Å². The van der Waals surface area contributed by atoms with Crippen LogP contribution < -0.4 is 20.7 Å². The Hall–Kier alpha value is -3.02. The van der Waals surface area contributed by atoms with Crippen molar-refractivity contribution in [2.45, 2.75) is 38.3 Å². The molecule has 1 amide bonds. The van der Waals surface area contributed by atoms with Gasteiger partial charge in [-0.15, -0.1) is 0 Å². The lowest BCUT2D eigenvalue weighted by atomic mass is 9.90. The van der Waals surface area contributed by atoms with Crippen molar-refractivity contribution in [2.75, 3.05) is 20.1 Å². The molecule has 6 heteroatoms. The van der Waals surface area contributed by atoms with E-state index in [1.165, 1.54) is 5.56 Å². The van der Waals surface area contributed by atoms with Crippen LogP contribution in [-0.2, 0) is 11.2 Å². The third-order valence-corrected chi connectivity index (χ3v) is 4.91. The van der Waals surface area contributed by atoms with Crippen LogP contribution in [-0.4, -0.2) is 37.6 Å². The monoisotopic (exact) mass is 394 g/mol. The molecule has 0 fully saturated rings. The van der Waals surface area contributed by atoms with Crippen molar-refractivity contribution in [1.29, 1.82) is 0 Å². The first-order valence-corrected chi connectivity index (χ1v) is 10.0. The van der Waals surface area contributed by atoms with Crippen molar-refractivity contribution in [3.8, 4) is 5.75 Å². The molecule has 0 spiro atoms. The minimum Gasteiger partial charge on any atom is -0.487 e. The number of nitrogens with zero attached hydrogens (tertiary/aromatic N) is 1. The van der Waals surface area contributed by atoms with E-state index in [2.05, 4.69) is 53.0 Å². The fraction of sp³-hybridized carbons (Fsp3) is 0.391. The Bertz CT molecular complexity index is 849. The first-order chi connectivity index (χ1) is 14.0. The van der Waals surface area contributed by atoms with Crippen LogP contribution in [0, 0.1) is 0 Å². The molecule has 0 saturated carbocycles. The first-order valence-electron chi connectivity index (χ1n) is 10.0. The lowest BCUT2D eigenvalue weighted by Crippen LogP contribution is -2.47. The highest BCUT2D eigenvalue weighted by molar-refractivity contribution is 5.86. The van der Waals surface area contributed by atoms with E-state index in [1.807, 2.05) is 36.4 Å². The fourth-order valence-corrected chi connectivity index (χ4v) is 3.51. The molecule has 1 atom stereocenters. The summed E-state index contributed by atoms with van der Waals surface area (Å²) in [6, 6.07) is 18.2. The van der Waals surface area contributed by atoms with Crippen molar-refractivity contribution < 1.29 is 9.53 Å². The molecule has 1 unspecified atom stereocenters. The molecule has 3 N–H and O–H groups in total. The van der Waals surface area contributed by atoms with Crippen LogP contribution in [0.1, 0.15) is 37.4 Å². The largest absolute Gasteiger partial charge is 0.487 e. The van der Waals surface area contributed by atoms with E-state index >= 15 is 0 Å². The molecule has 0 radical (unpaired) electrons. The second-order valence-electron chi connectivity index (χ2n) is 7.81. The topological polar surface area (TPSA) is 74.8 Å². The number of ether oxygens (including phenoxy) is 1. The minimum absolute atomic E-state index is 0.0577. The number of carbonyl (C=O) groups is 1. The maximum absolute atomic E-state index is 12.2. The SMILES string of the molecule is CN=C(NCC(=O)NCCc1ccccc1)NC1CC(C)(C)Oc2ccccc21. The number of nitrogens with one attached hydrogen (secondary N) is 3. The molecule has 0 saturated heterocycles. The van der Waals surface area contributed by atoms with Gasteiger partial charge in [0.25, 0.3) is 0 Å². The summed E-state index contributed by atoms with van der Waals surface area (Å²) in [6.45, 7) is 4.93. The standard InChI is InChI=1S/C23H30N4O2/c1-23(2)15-19(18-11-7-8-12-20(18)29-23)27-22(24-3)26-16-21(28)25-14-13-17-9-5-4-6-10-17/h4-12,19H,13-16H2,1-3H3,(H,25,28)(H2,24,26,27). The molecule has 154 valence electrons. The maximum atomic E-state index is 12.2. The van der Waals surface area contributed by atoms with Gasteiger partial charge in [0.1, 0.15) is 11.4 Å². The Morgan fingerprint density at radius 3 is 2.59 bits per heavy atom. The summed E-state index contributed by atoms with van der Waals surface area (Å²) in [5.41, 5.74) is 2.03. The van der Waals surface area contributed by atoms with Crippen molar-refractivity contribution in [2.24, 2.45) is 4.99 Å². The number of guanidine groups is 1. The lowest BCUT2D eigenvalue weighted by Gasteiger charge is -2.38. The molecule has 2 aromatic rings. The number of amides is 1. The van der Waals surface area contributed by atoms with Gasteiger partial charge < -0.3 is 20.7 Å². The second kappa shape index (κ2) is 9.45. The van der Waals surface area contributed by atoms with Crippen molar-refractivity contribution in [3.63, 3.8) is 0 Å². The van der Waals surface area contributed by atoms with Crippen molar-refractivity contribution >= 4 is 11.9 Å². The molecule has 2 aromatic carbocycles. The number of carbonyl (C=O) groups excluding carboxylic acids is 1. The molecular weight excluding hydrogens is 364 g/mol. The Morgan fingerprint density at radius 1 is 1.10 bits per heavy atom. The molecule has 0 aliphatic carbocycles. The molecule has 3 rings (SSSR count). The van der Waals surface area contributed by atoms with E-state index < -0.39 is 0 Å². The van der Waals surface area contributed by atoms with E-state index in [0.717, 1.165) is 24.2 Å². The normalized spacial score (nSPS) is 17.6. The number of fused-ring (bicyclic) bond motifs is 1. The predicted molar refractivity (Wildman–Crippen MR) is 116 cm³/mol. The summed E-state index contributed by atoms with van der Waals surface area (Å²) in [5, 5.41) is 9.48. The smallest absolute Gasteiger partial charge is 0.239 e. The van der Waals surface area contributed by atoms with Gasteiger partial charge in [0, 0.05) is 25.6 Å². The zero-order valence-electron chi connectivity index (χ0n) is 17.4. The van der Waals surface area contributed by atoms with Crippen molar-refractivity contribution in [3.05, 3.63) is 65.7 Å². The third kappa shape index (κ3) is 5.98. The average Bonchev–Trinajstić information content (AvgIpc) is 2.71. The number of hydrogen-bond acceptors (Lipinski definition) is 3. The third-order valence-electron chi connectivity index (χ3n) is 4.91. The Kier molecular flexibility index (Phi) is 6.75. The van der Waals surface area contributed by atoms with Crippen LogP contribution in [0.3, 0.4) is 0 Å². The average molecular weight is 395 g/mol. The van der Waals surface area contributed by atoms with Crippen LogP contribution in [0.25, 0.3) is 0 Å². The van der Waals surface area contributed by atoms with Crippen LogP contribution in [0.15, 0.2) is 59.6 Å². The Morgan fingerprint density at radius 2 is 1.83 bits per heavy atom. The molecule has 1 aliphatic rings. The van der Waals surface area contributed by atoms with E-state index in [4.69, 9.17) is 4.74 Å². The number of para-hydroxylation sites is 1. The molecule has 0 bridgehead atoms. The van der Waals surface area contributed by atoms with Gasteiger partial charge in [-0.05, 0) is 31.9 Å². The van der Waals surface area contributed by atoms with Gasteiger partial charge in [-0.25, -0.2) is 0 Å². The molecule has 29 heavy (non-hydrogen) atoms. The predicted octanol–water partition coefficient (Wildman–Crippen LogP) is 2.81. The zero-order valence-corrected chi connectivity index (χ0v) is 17.4. The molecule has 1 heterocycles. The number of rotatable bonds is 6. The van der Waals surface area contributed by atoms with Crippen LogP contribution in [0.4, 0.5) is 0 Å².